The highest BCUT2D eigenvalue weighted by molar-refractivity contribution is 5.85. The van der Waals surface area contributed by atoms with Gasteiger partial charge in [-0.1, -0.05) is 13.8 Å². The third-order valence-electron chi connectivity index (χ3n) is 4.20. The molecule has 3 nitrogen and oxygen atoms in total. The van der Waals surface area contributed by atoms with E-state index in [1.165, 1.54) is 6.42 Å². The van der Waals surface area contributed by atoms with Crippen molar-refractivity contribution in [3.63, 3.8) is 0 Å². The molecule has 2 aliphatic rings. The smallest absolute Gasteiger partial charge is 0.225 e. The summed E-state index contributed by atoms with van der Waals surface area (Å²) >= 11 is 0. The molecule has 2 N–H and O–H groups in total. The number of hydrogen-bond donors (Lipinski definition) is 1. The van der Waals surface area contributed by atoms with Crippen LogP contribution >= 0.6 is 12.4 Å². The van der Waals surface area contributed by atoms with Crippen LogP contribution in [0, 0.1) is 11.8 Å². The highest BCUT2D eigenvalue weighted by Crippen LogP contribution is 2.31. The Kier molecular flexibility index (Phi) is 5.26. The Morgan fingerprint density at radius 3 is 2.59 bits per heavy atom. The molecule has 1 heterocycles. The van der Waals surface area contributed by atoms with Gasteiger partial charge in [-0.25, -0.2) is 0 Å². The number of likely N-dealkylation sites (tertiary alicyclic amines) is 1. The summed E-state index contributed by atoms with van der Waals surface area (Å²) in [7, 11) is 0. The molecule has 0 aromatic heterocycles. The molecule has 1 saturated heterocycles. The topological polar surface area (TPSA) is 46.3 Å². The number of nitrogens with two attached hydrogens (primary N) is 1. The lowest BCUT2D eigenvalue weighted by molar-refractivity contribution is -0.136. The number of halogens is 1. The number of hydrogen-bond acceptors (Lipinski definition) is 2. The second-order valence-corrected chi connectivity index (χ2v) is 5.66. The van der Waals surface area contributed by atoms with E-state index in [1.54, 1.807) is 0 Å². The lowest BCUT2D eigenvalue weighted by Crippen LogP contribution is -2.39. The van der Waals surface area contributed by atoms with Crippen molar-refractivity contribution >= 4 is 18.3 Å². The maximum absolute atomic E-state index is 12.4. The van der Waals surface area contributed by atoms with Crippen molar-refractivity contribution in [2.45, 2.75) is 58.0 Å². The molecule has 1 aliphatic carbocycles. The number of amides is 1. The molecule has 1 saturated carbocycles. The van der Waals surface area contributed by atoms with E-state index >= 15 is 0 Å². The van der Waals surface area contributed by atoms with Crippen LogP contribution in [0.1, 0.15) is 46.0 Å². The Morgan fingerprint density at radius 1 is 1.35 bits per heavy atom. The van der Waals surface area contributed by atoms with Crippen molar-refractivity contribution in [3.8, 4) is 0 Å². The zero-order valence-electron chi connectivity index (χ0n) is 10.9. The monoisotopic (exact) mass is 260 g/mol. The fourth-order valence-electron chi connectivity index (χ4n) is 3.28. The van der Waals surface area contributed by atoms with Crippen molar-refractivity contribution in [2.24, 2.45) is 17.6 Å². The third kappa shape index (κ3) is 3.14. The molecule has 17 heavy (non-hydrogen) atoms. The summed E-state index contributed by atoms with van der Waals surface area (Å²) in [6.07, 6.45) is 5.20. The molecule has 4 atom stereocenters. The third-order valence-corrected chi connectivity index (χ3v) is 4.20. The van der Waals surface area contributed by atoms with E-state index in [0.717, 1.165) is 32.2 Å². The largest absolute Gasteiger partial charge is 0.339 e. The number of carbonyl (C=O) groups is 1. The van der Waals surface area contributed by atoms with Crippen LogP contribution in [0.15, 0.2) is 0 Å². The second kappa shape index (κ2) is 6.05. The van der Waals surface area contributed by atoms with Gasteiger partial charge in [0, 0.05) is 24.5 Å². The first kappa shape index (κ1) is 14.8. The maximum atomic E-state index is 12.4. The predicted molar refractivity (Wildman–Crippen MR) is 72.1 cm³/mol. The lowest BCUT2D eigenvalue weighted by Gasteiger charge is -2.26. The van der Waals surface area contributed by atoms with Crippen LogP contribution in [-0.2, 0) is 4.79 Å². The molecule has 2 fully saturated rings. The molecular weight excluding hydrogens is 236 g/mol. The van der Waals surface area contributed by atoms with E-state index in [9.17, 15) is 4.79 Å². The molecule has 4 heteroatoms. The molecule has 0 radical (unpaired) electrons. The summed E-state index contributed by atoms with van der Waals surface area (Å²) in [6, 6.07) is 0.744. The summed E-state index contributed by atoms with van der Waals surface area (Å²) in [5.74, 6) is 1.27. The quantitative estimate of drug-likeness (QED) is 0.827. The molecule has 1 aliphatic heterocycles. The maximum Gasteiger partial charge on any atom is 0.225 e. The Bertz CT molecular complexity index is 272. The molecule has 0 bridgehead atoms. The van der Waals surface area contributed by atoms with Crippen LogP contribution < -0.4 is 5.73 Å². The minimum absolute atomic E-state index is 0. The minimum atomic E-state index is 0. The highest BCUT2D eigenvalue weighted by Gasteiger charge is 2.37. The Labute approximate surface area is 111 Å². The SMILES string of the molecule is CCC1CC(C)CN1C(=O)C1CCC(N)C1.Cl. The lowest BCUT2D eigenvalue weighted by atomic mass is 10.0. The molecular formula is C13H25ClN2O. The summed E-state index contributed by atoms with van der Waals surface area (Å²) in [5, 5.41) is 0. The van der Waals surface area contributed by atoms with Crippen molar-refractivity contribution in [3.05, 3.63) is 0 Å². The van der Waals surface area contributed by atoms with Crippen LogP contribution in [0.2, 0.25) is 0 Å². The van der Waals surface area contributed by atoms with Gasteiger partial charge in [0.1, 0.15) is 0 Å². The standard InChI is InChI=1S/C13H24N2O.ClH/c1-3-12-6-9(2)8-15(12)13(16)10-4-5-11(14)7-10;/h9-12H,3-8,14H2,1-2H3;1H. The van der Waals surface area contributed by atoms with Crippen molar-refractivity contribution in [2.75, 3.05) is 6.54 Å². The summed E-state index contributed by atoms with van der Waals surface area (Å²) in [5.41, 5.74) is 5.89. The molecule has 0 spiro atoms. The Hall–Kier alpha value is -0.280. The van der Waals surface area contributed by atoms with E-state index in [0.29, 0.717) is 17.9 Å². The molecule has 0 aromatic carbocycles. The number of carbonyl (C=O) groups excluding carboxylic acids is 1. The van der Waals surface area contributed by atoms with Crippen LogP contribution in [-0.4, -0.2) is 29.4 Å². The molecule has 1 amide bonds. The Balaban J connectivity index is 0.00000144. The van der Waals surface area contributed by atoms with Crippen molar-refractivity contribution in [1.29, 1.82) is 0 Å². The molecule has 100 valence electrons. The normalized spacial score (nSPS) is 37.0. The van der Waals surface area contributed by atoms with Crippen LogP contribution in [0.5, 0.6) is 0 Å². The van der Waals surface area contributed by atoms with Gasteiger partial charge in [-0.05, 0) is 38.0 Å². The average Bonchev–Trinajstić information content (AvgIpc) is 2.83. The van der Waals surface area contributed by atoms with Gasteiger partial charge in [-0.2, -0.15) is 0 Å². The molecule has 4 unspecified atom stereocenters. The van der Waals surface area contributed by atoms with E-state index < -0.39 is 0 Å². The first-order valence-corrected chi connectivity index (χ1v) is 6.67. The van der Waals surface area contributed by atoms with E-state index in [-0.39, 0.29) is 24.4 Å². The first-order valence-electron chi connectivity index (χ1n) is 6.67. The van der Waals surface area contributed by atoms with Gasteiger partial charge in [0.25, 0.3) is 0 Å². The molecule has 2 rings (SSSR count). The average molecular weight is 261 g/mol. The van der Waals surface area contributed by atoms with Gasteiger partial charge in [-0.3, -0.25) is 4.79 Å². The highest BCUT2D eigenvalue weighted by atomic mass is 35.5. The van der Waals surface area contributed by atoms with Gasteiger partial charge in [0.05, 0.1) is 0 Å². The van der Waals surface area contributed by atoms with E-state index in [1.807, 2.05) is 0 Å². The zero-order valence-corrected chi connectivity index (χ0v) is 11.7. The summed E-state index contributed by atoms with van der Waals surface area (Å²) in [4.78, 5) is 14.5. The van der Waals surface area contributed by atoms with Gasteiger partial charge < -0.3 is 10.6 Å². The Morgan fingerprint density at radius 2 is 2.06 bits per heavy atom. The predicted octanol–water partition coefficient (Wildman–Crippen LogP) is 2.18. The number of nitrogens with zero attached hydrogens (tertiary/aromatic N) is 1. The summed E-state index contributed by atoms with van der Waals surface area (Å²) < 4.78 is 0. The second-order valence-electron chi connectivity index (χ2n) is 5.66. The fourth-order valence-corrected chi connectivity index (χ4v) is 3.28. The van der Waals surface area contributed by atoms with Gasteiger partial charge in [0.15, 0.2) is 0 Å². The zero-order chi connectivity index (χ0) is 11.7. The summed E-state index contributed by atoms with van der Waals surface area (Å²) in [6.45, 7) is 5.39. The van der Waals surface area contributed by atoms with E-state index in [4.69, 9.17) is 5.73 Å². The van der Waals surface area contributed by atoms with Crippen molar-refractivity contribution in [1.82, 2.24) is 4.90 Å². The van der Waals surface area contributed by atoms with Crippen LogP contribution in [0.4, 0.5) is 0 Å². The van der Waals surface area contributed by atoms with Crippen LogP contribution in [0.3, 0.4) is 0 Å². The van der Waals surface area contributed by atoms with Crippen molar-refractivity contribution < 1.29 is 4.79 Å². The fraction of sp³-hybridized carbons (Fsp3) is 0.923. The van der Waals surface area contributed by atoms with Gasteiger partial charge in [0.2, 0.25) is 5.91 Å². The first-order chi connectivity index (χ1) is 7.61. The minimum Gasteiger partial charge on any atom is -0.339 e. The van der Waals surface area contributed by atoms with Crippen LogP contribution in [0.25, 0.3) is 0 Å². The van der Waals surface area contributed by atoms with Gasteiger partial charge in [-0.15, -0.1) is 12.4 Å². The number of rotatable bonds is 2. The van der Waals surface area contributed by atoms with E-state index in [2.05, 4.69) is 18.7 Å². The van der Waals surface area contributed by atoms with Gasteiger partial charge >= 0.3 is 0 Å². The molecule has 0 aromatic rings.